The number of phosphoric ester groups is 1. The molecule has 2 saturated heterocycles. The van der Waals surface area contributed by atoms with E-state index in [1.807, 2.05) is 0 Å². The maximum absolute atomic E-state index is 14.3. The quantitative estimate of drug-likeness (QED) is 0.00886. The highest BCUT2D eigenvalue weighted by molar-refractivity contribution is 7.47. The van der Waals surface area contributed by atoms with Gasteiger partial charge in [0.25, 0.3) is 0 Å². The molecule has 25 heteroatoms. The van der Waals surface area contributed by atoms with Crippen molar-refractivity contribution in [3.8, 4) is 0 Å². The summed E-state index contributed by atoms with van der Waals surface area (Å²) in [6.45, 7) is 3.41. The normalized spacial score (nSPS) is 27.7. The number of allylic oxidation sites excluding steroid dienone is 4. The van der Waals surface area contributed by atoms with Crippen molar-refractivity contribution in [2.24, 2.45) is 0 Å². The van der Waals surface area contributed by atoms with Crippen LogP contribution in [-0.2, 0) is 61.2 Å². The second kappa shape index (κ2) is 55.0. The SMILES string of the molecule is CCCCCCCC/C=C\CCCCCC(=O)OCC(COP(=O)(O)OC1C(OC2OC(CO)C(O)C(O)C2O)C(O)C(O)C(O)C1OC1OC(COC(=O)CCCCCCCCCCCCCCCCCCC)C(O)C(O)C1O)OC(=O)CCCCC/C=C\CCCCCCCC. The summed E-state index contributed by atoms with van der Waals surface area (Å²) >= 11 is 0. The summed E-state index contributed by atoms with van der Waals surface area (Å²) in [6.07, 6.45) is 15.4. The van der Waals surface area contributed by atoms with E-state index in [9.17, 15) is 74.9 Å². The molecule has 2 aliphatic heterocycles. The van der Waals surface area contributed by atoms with Gasteiger partial charge in [-0.15, -0.1) is 0 Å². The fraction of sp³-hybridized carbons (Fsp3) is 0.904. The Morgan fingerprint density at radius 1 is 0.388 bits per heavy atom. The van der Waals surface area contributed by atoms with Crippen LogP contribution in [0, 0.1) is 0 Å². The summed E-state index contributed by atoms with van der Waals surface area (Å²) in [7, 11) is -5.70. The lowest BCUT2D eigenvalue weighted by Crippen LogP contribution is -2.69. The molecule has 1 aliphatic carbocycles. The van der Waals surface area contributed by atoms with Crippen LogP contribution in [0.2, 0.25) is 0 Å². The highest BCUT2D eigenvalue weighted by Gasteiger charge is 2.58. The van der Waals surface area contributed by atoms with Crippen LogP contribution in [0.15, 0.2) is 24.3 Å². The maximum Gasteiger partial charge on any atom is 0.472 e. The molecule has 2 heterocycles. The van der Waals surface area contributed by atoms with E-state index in [0.717, 1.165) is 89.9 Å². The molecule has 0 spiro atoms. The van der Waals surface area contributed by atoms with Gasteiger partial charge in [0.15, 0.2) is 18.7 Å². The number of unbranched alkanes of at least 4 members (excludes halogenated alkanes) is 34. The average molecular weight is 1430 g/mol. The van der Waals surface area contributed by atoms with Gasteiger partial charge in [0, 0.05) is 19.3 Å². The predicted molar refractivity (Wildman–Crippen MR) is 370 cm³/mol. The molecule has 0 aromatic heterocycles. The molecule has 0 radical (unpaired) electrons. The Labute approximate surface area is 585 Å². The lowest BCUT2D eigenvalue weighted by Gasteiger charge is -2.49. The number of carbonyl (C=O) groups is 3. The van der Waals surface area contributed by atoms with Gasteiger partial charge in [-0.3, -0.25) is 23.4 Å². The highest BCUT2D eigenvalue weighted by Crippen LogP contribution is 2.49. The highest BCUT2D eigenvalue weighted by atomic mass is 31.2. The van der Waals surface area contributed by atoms with Gasteiger partial charge in [0.2, 0.25) is 0 Å². The minimum atomic E-state index is -5.70. The number of aliphatic hydroxyl groups excluding tert-OH is 10. The largest absolute Gasteiger partial charge is 0.472 e. The van der Waals surface area contributed by atoms with E-state index < -0.39 is 156 Å². The van der Waals surface area contributed by atoms with Crippen LogP contribution < -0.4 is 0 Å². The van der Waals surface area contributed by atoms with E-state index in [1.165, 1.54) is 135 Å². The Balaban J connectivity index is 1.72. The molecule has 0 amide bonds. The third-order valence-electron chi connectivity index (χ3n) is 18.7. The van der Waals surface area contributed by atoms with Crippen molar-refractivity contribution in [3.63, 3.8) is 0 Å². The van der Waals surface area contributed by atoms with Crippen molar-refractivity contribution in [1.29, 1.82) is 0 Å². The first kappa shape index (κ1) is 89.7. The first-order chi connectivity index (χ1) is 47.3. The van der Waals surface area contributed by atoms with Crippen LogP contribution in [-0.4, -0.2) is 204 Å². The zero-order chi connectivity index (χ0) is 71.8. The molecule has 18 unspecified atom stereocenters. The van der Waals surface area contributed by atoms with E-state index in [1.54, 1.807) is 0 Å². The van der Waals surface area contributed by atoms with Crippen molar-refractivity contribution < 1.29 is 117 Å². The van der Waals surface area contributed by atoms with Crippen molar-refractivity contribution in [1.82, 2.24) is 0 Å². The number of hydrogen-bond donors (Lipinski definition) is 11. The minimum Gasteiger partial charge on any atom is -0.463 e. The molecule has 0 aromatic rings. The Morgan fingerprint density at radius 2 is 0.714 bits per heavy atom. The van der Waals surface area contributed by atoms with Gasteiger partial charge < -0.3 is 89.1 Å². The van der Waals surface area contributed by atoms with Gasteiger partial charge in [0.05, 0.1) is 13.2 Å². The Morgan fingerprint density at radius 3 is 1.11 bits per heavy atom. The smallest absolute Gasteiger partial charge is 0.463 e. The van der Waals surface area contributed by atoms with Crippen molar-refractivity contribution >= 4 is 25.7 Å². The van der Waals surface area contributed by atoms with Crippen molar-refractivity contribution in [3.05, 3.63) is 24.3 Å². The molecule has 11 N–H and O–H groups in total. The second-order valence-corrected chi connectivity index (χ2v) is 28.8. The third kappa shape index (κ3) is 37.7. The summed E-state index contributed by atoms with van der Waals surface area (Å²) < 4.78 is 65.0. The van der Waals surface area contributed by atoms with Crippen LogP contribution in [0.4, 0.5) is 0 Å². The molecule has 24 nitrogen and oxygen atoms in total. The first-order valence-electron chi connectivity index (χ1n) is 38.1. The number of hydrogen-bond acceptors (Lipinski definition) is 23. The third-order valence-corrected chi connectivity index (χ3v) is 19.7. The second-order valence-electron chi connectivity index (χ2n) is 27.4. The van der Waals surface area contributed by atoms with Gasteiger partial charge in [-0.2, -0.15) is 0 Å². The van der Waals surface area contributed by atoms with E-state index in [0.29, 0.717) is 25.7 Å². The summed E-state index contributed by atoms with van der Waals surface area (Å²) in [6, 6.07) is 0. The van der Waals surface area contributed by atoms with Crippen LogP contribution in [0.5, 0.6) is 0 Å². The van der Waals surface area contributed by atoms with Gasteiger partial charge in [0.1, 0.15) is 98.7 Å². The van der Waals surface area contributed by atoms with Crippen LogP contribution in [0.3, 0.4) is 0 Å². The molecule has 3 rings (SSSR count). The van der Waals surface area contributed by atoms with E-state index >= 15 is 0 Å². The zero-order valence-corrected chi connectivity index (χ0v) is 60.7. The summed E-state index contributed by atoms with van der Waals surface area (Å²) in [5.74, 6) is -2.02. The number of ether oxygens (including phenoxy) is 7. The standard InChI is InChI=1S/C73H133O24P/c1-4-7-10-13-16-19-22-25-26-27-28-31-33-36-39-42-45-48-58(76)90-53-56-61(79)63(81)68(86)73(94-56)96-70-66(84)64(82)65(83)69(95-72-67(85)62(80)60(78)55(50-74)93-72)71(70)97-98(87,88)91-52-54(92-59(77)49-46-43-40-37-34-30-24-21-18-15-12-9-6-3)51-89-57(75)47-44-41-38-35-32-29-23-20-17-14-11-8-5-2/h29-30,32,34,54-56,60-74,78-86H,4-28,31,33,35-53H2,1-3H3,(H,87,88)/b32-29-,34-30-. The topological polar surface area (TPSA) is 374 Å². The summed E-state index contributed by atoms with van der Waals surface area (Å²) in [5, 5.41) is 110. The molecule has 574 valence electrons. The monoisotopic (exact) mass is 1420 g/mol. The van der Waals surface area contributed by atoms with Crippen molar-refractivity contribution in [2.75, 3.05) is 26.4 Å². The predicted octanol–water partition coefficient (Wildman–Crippen LogP) is 10.5. The van der Waals surface area contributed by atoms with Gasteiger partial charge >= 0.3 is 25.7 Å². The number of phosphoric acid groups is 1. The van der Waals surface area contributed by atoms with E-state index in [2.05, 4.69) is 45.1 Å². The van der Waals surface area contributed by atoms with Crippen molar-refractivity contribution in [2.45, 2.75) is 395 Å². The maximum atomic E-state index is 14.3. The Bertz CT molecular complexity index is 2120. The minimum absolute atomic E-state index is 0.0222. The molecule has 0 aromatic carbocycles. The van der Waals surface area contributed by atoms with Gasteiger partial charge in [-0.25, -0.2) is 4.57 Å². The lowest BCUT2D eigenvalue weighted by atomic mass is 9.84. The van der Waals surface area contributed by atoms with Gasteiger partial charge in [-0.1, -0.05) is 225 Å². The lowest BCUT2D eigenvalue weighted by molar-refractivity contribution is -0.360. The molecule has 18 atom stereocenters. The van der Waals surface area contributed by atoms with Crippen LogP contribution in [0.1, 0.15) is 290 Å². The molecular weight excluding hydrogens is 1290 g/mol. The van der Waals surface area contributed by atoms with E-state index in [4.69, 9.17) is 42.2 Å². The fourth-order valence-corrected chi connectivity index (χ4v) is 13.4. The number of aliphatic hydroxyl groups is 10. The molecule has 1 saturated carbocycles. The number of rotatable bonds is 59. The number of carbonyl (C=O) groups excluding carboxylic acids is 3. The van der Waals surface area contributed by atoms with E-state index in [-0.39, 0.29) is 19.3 Å². The molecule has 3 aliphatic rings. The summed E-state index contributed by atoms with van der Waals surface area (Å²) in [5.41, 5.74) is 0. The molecule has 0 bridgehead atoms. The zero-order valence-electron chi connectivity index (χ0n) is 59.8. The average Bonchev–Trinajstić information content (AvgIpc) is 0.763. The molecule has 98 heavy (non-hydrogen) atoms. The number of esters is 3. The van der Waals surface area contributed by atoms with Crippen LogP contribution >= 0.6 is 7.82 Å². The first-order valence-corrected chi connectivity index (χ1v) is 39.6. The van der Waals surface area contributed by atoms with Crippen LogP contribution in [0.25, 0.3) is 0 Å². The molecule has 3 fully saturated rings. The summed E-state index contributed by atoms with van der Waals surface area (Å²) in [4.78, 5) is 50.9. The fourth-order valence-electron chi connectivity index (χ4n) is 12.5. The molecular formula is C73H133O24P. The Hall–Kier alpha value is -2.56. The Kier molecular flexibility index (Phi) is 50.3. The van der Waals surface area contributed by atoms with Gasteiger partial charge in [-0.05, 0) is 70.6 Å².